The zero-order valence-electron chi connectivity index (χ0n) is 24.7. The second kappa shape index (κ2) is 13.5. The van der Waals surface area contributed by atoms with Gasteiger partial charge in [-0.1, -0.05) is 42.5 Å². The molecule has 0 radical (unpaired) electrons. The van der Waals surface area contributed by atoms with Crippen molar-refractivity contribution in [3.8, 4) is 11.1 Å². The van der Waals surface area contributed by atoms with Crippen molar-refractivity contribution in [1.82, 2.24) is 29.5 Å². The smallest absolute Gasteiger partial charge is 0.224 e. The SMILES string of the molecule is CC(=O)N1CCCN(Cc2ccccc2)CCN(C(=O)CCn2nc(C)nc2C)Cc2cc(-c3cccnc3)ccc21. The highest BCUT2D eigenvalue weighted by molar-refractivity contribution is 5.93. The number of hydrogen-bond acceptors (Lipinski definition) is 6. The van der Waals surface area contributed by atoms with Gasteiger partial charge in [0, 0.05) is 70.7 Å². The molecule has 1 aliphatic heterocycles. The molecule has 218 valence electrons. The van der Waals surface area contributed by atoms with Gasteiger partial charge in [-0.15, -0.1) is 0 Å². The number of rotatable bonds is 6. The van der Waals surface area contributed by atoms with Crippen LogP contribution in [0.15, 0.2) is 73.1 Å². The summed E-state index contributed by atoms with van der Waals surface area (Å²) >= 11 is 0. The van der Waals surface area contributed by atoms with Crippen LogP contribution in [0.3, 0.4) is 0 Å². The monoisotopic (exact) mass is 565 g/mol. The van der Waals surface area contributed by atoms with E-state index in [-0.39, 0.29) is 11.8 Å². The number of fused-ring (bicyclic) bond motifs is 1. The summed E-state index contributed by atoms with van der Waals surface area (Å²) in [6, 6.07) is 20.5. The average molecular weight is 566 g/mol. The molecule has 2 aromatic heterocycles. The Morgan fingerprint density at radius 1 is 0.905 bits per heavy atom. The lowest BCUT2D eigenvalue weighted by Crippen LogP contribution is -2.39. The fraction of sp³-hybridized carbons (Fsp3) is 0.364. The molecule has 2 amide bonds. The molecule has 3 heterocycles. The molecule has 0 atom stereocenters. The summed E-state index contributed by atoms with van der Waals surface area (Å²) < 4.78 is 1.80. The highest BCUT2D eigenvalue weighted by Gasteiger charge is 2.23. The first-order chi connectivity index (χ1) is 20.4. The van der Waals surface area contributed by atoms with Crippen LogP contribution in [0.5, 0.6) is 0 Å². The average Bonchev–Trinajstić information content (AvgIpc) is 3.31. The quantitative estimate of drug-likeness (QED) is 0.339. The lowest BCUT2D eigenvalue weighted by Gasteiger charge is -2.28. The number of amides is 2. The van der Waals surface area contributed by atoms with E-state index in [4.69, 9.17) is 0 Å². The Morgan fingerprint density at radius 3 is 2.45 bits per heavy atom. The minimum absolute atomic E-state index is 0.00543. The van der Waals surface area contributed by atoms with Gasteiger partial charge in [0.2, 0.25) is 11.8 Å². The van der Waals surface area contributed by atoms with Crippen LogP contribution < -0.4 is 4.90 Å². The summed E-state index contributed by atoms with van der Waals surface area (Å²) in [5, 5.41) is 4.45. The molecule has 5 rings (SSSR count). The number of pyridine rings is 1. The van der Waals surface area contributed by atoms with E-state index >= 15 is 0 Å². The first-order valence-corrected chi connectivity index (χ1v) is 14.6. The van der Waals surface area contributed by atoms with Crippen LogP contribution in [0.25, 0.3) is 11.1 Å². The summed E-state index contributed by atoms with van der Waals surface area (Å²) in [6.45, 7) is 9.80. The summed E-state index contributed by atoms with van der Waals surface area (Å²) in [7, 11) is 0. The van der Waals surface area contributed by atoms with Gasteiger partial charge in [0.05, 0.1) is 6.54 Å². The Hall–Kier alpha value is -4.37. The van der Waals surface area contributed by atoms with Crippen LogP contribution in [-0.4, -0.2) is 67.5 Å². The third-order valence-corrected chi connectivity index (χ3v) is 7.75. The number of benzene rings is 2. The minimum Gasteiger partial charge on any atom is -0.337 e. The number of anilines is 1. The van der Waals surface area contributed by atoms with E-state index in [2.05, 4.69) is 50.3 Å². The van der Waals surface area contributed by atoms with Gasteiger partial charge in [-0.25, -0.2) is 9.67 Å². The van der Waals surface area contributed by atoms with Crippen molar-refractivity contribution >= 4 is 17.5 Å². The number of hydrogen-bond donors (Lipinski definition) is 0. The molecule has 0 aliphatic carbocycles. The first-order valence-electron chi connectivity index (χ1n) is 14.6. The molecule has 0 spiro atoms. The van der Waals surface area contributed by atoms with E-state index in [0.717, 1.165) is 54.3 Å². The maximum atomic E-state index is 13.8. The molecule has 0 bridgehead atoms. The van der Waals surface area contributed by atoms with Gasteiger partial charge in [0.25, 0.3) is 0 Å². The number of aromatic nitrogens is 4. The molecule has 42 heavy (non-hydrogen) atoms. The standard InChI is InChI=1S/C33H39N7O2/c1-25-35-26(2)40(36-25)18-14-33(42)38-20-19-37(23-28-9-5-4-6-10-28)16-8-17-39(27(3)41)32-13-12-29(21-31(32)24-38)30-11-7-15-34-22-30/h4-7,9-13,15,21-22H,8,14,16-20,23-24H2,1-3H3. The topological polar surface area (TPSA) is 87.5 Å². The van der Waals surface area contributed by atoms with Gasteiger partial charge in [-0.2, -0.15) is 5.10 Å². The first kappa shape index (κ1) is 29.1. The van der Waals surface area contributed by atoms with Gasteiger partial charge < -0.3 is 9.80 Å². The molecule has 1 aliphatic rings. The highest BCUT2D eigenvalue weighted by atomic mass is 16.2. The number of carbonyl (C=O) groups excluding carboxylic acids is 2. The van der Waals surface area contributed by atoms with Crippen molar-refractivity contribution in [3.05, 3.63) is 95.8 Å². The van der Waals surface area contributed by atoms with Gasteiger partial charge in [0.15, 0.2) is 0 Å². The van der Waals surface area contributed by atoms with Crippen molar-refractivity contribution in [1.29, 1.82) is 0 Å². The Bertz CT molecular complexity index is 1500. The van der Waals surface area contributed by atoms with Crippen LogP contribution >= 0.6 is 0 Å². The molecule has 4 aromatic rings. The summed E-state index contributed by atoms with van der Waals surface area (Å²) in [6.07, 6.45) is 4.74. The predicted octanol–water partition coefficient (Wildman–Crippen LogP) is 4.63. The fourth-order valence-corrected chi connectivity index (χ4v) is 5.59. The summed E-state index contributed by atoms with van der Waals surface area (Å²) in [4.78, 5) is 41.6. The number of nitrogens with zero attached hydrogens (tertiary/aromatic N) is 7. The third-order valence-electron chi connectivity index (χ3n) is 7.75. The Kier molecular flexibility index (Phi) is 9.38. The lowest BCUT2D eigenvalue weighted by atomic mass is 10.0. The molecular formula is C33H39N7O2. The second-order valence-electron chi connectivity index (χ2n) is 10.9. The number of aryl methyl sites for hydroxylation is 3. The maximum Gasteiger partial charge on any atom is 0.224 e. The predicted molar refractivity (Wildman–Crippen MR) is 164 cm³/mol. The van der Waals surface area contributed by atoms with Gasteiger partial charge in [-0.05, 0) is 60.7 Å². The maximum absolute atomic E-state index is 13.8. The molecule has 9 nitrogen and oxygen atoms in total. The van der Waals surface area contributed by atoms with E-state index < -0.39 is 0 Å². The zero-order chi connectivity index (χ0) is 29.5. The van der Waals surface area contributed by atoms with Crippen LogP contribution in [0, 0.1) is 13.8 Å². The third kappa shape index (κ3) is 7.28. The Morgan fingerprint density at radius 2 is 1.74 bits per heavy atom. The van der Waals surface area contributed by atoms with E-state index in [9.17, 15) is 9.59 Å². The van der Waals surface area contributed by atoms with E-state index in [0.29, 0.717) is 38.4 Å². The van der Waals surface area contributed by atoms with Crippen molar-refractivity contribution in [2.24, 2.45) is 0 Å². The van der Waals surface area contributed by atoms with Crippen LogP contribution in [-0.2, 0) is 29.2 Å². The normalized spacial score (nSPS) is 14.7. The Balaban J connectivity index is 1.47. The molecule has 0 N–H and O–H groups in total. The van der Waals surface area contributed by atoms with Crippen LogP contribution in [0.2, 0.25) is 0 Å². The summed E-state index contributed by atoms with van der Waals surface area (Å²) in [5.74, 6) is 1.55. The molecule has 0 saturated carbocycles. The largest absolute Gasteiger partial charge is 0.337 e. The van der Waals surface area contributed by atoms with Gasteiger partial charge in [-0.3, -0.25) is 19.5 Å². The molecule has 0 unspecified atom stereocenters. The molecule has 9 heteroatoms. The van der Waals surface area contributed by atoms with E-state index in [1.54, 1.807) is 17.8 Å². The second-order valence-corrected chi connectivity index (χ2v) is 10.9. The van der Waals surface area contributed by atoms with Crippen LogP contribution in [0.4, 0.5) is 5.69 Å². The van der Waals surface area contributed by atoms with Gasteiger partial charge in [0.1, 0.15) is 11.6 Å². The molecule has 0 saturated heterocycles. The van der Waals surface area contributed by atoms with Crippen molar-refractivity contribution < 1.29 is 9.59 Å². The summed E-state index contributed by atoms with van der Waals surface area (Å²) in [5.41, 5.74) is 5.03. The Labute approximate surface area is 247 Å². The lowest BCUT2D eigenvalue weighted by molar-refractivity contribution is -0.132. The van der Waals surface area contributed by atoms with Crippen molar-refractivity contribution in [3.63, 3.8) is 0 Å². The minimum atomic E-state index is -0.00543. The molecule has 0 fully saturated rings. The van der Waals surface area contributed by atoms with Crippen LogP contribution in [0.1, 0.15) is 42.5 Å². The van der Waals surface area contributed by atoms with Crippen molar-refractivity contribution in [2.45, 2.75) is 53.2 Å². The molecular weight excluding hydrogens is 526 g/mol. The van der Waals surface area contributed by atoms with E-state index in [1.165, 1.54) is 5.56 Å². The van der Waals surface area contributed by atoms with E-state index in [1.807, 2.05) is 60.2 Å². The zero-order valence-corrected chi connectivity index (χ0v) is 24.7. The number of carbonyl (C=O) groups is 2. The van der Waals surface area contributed by atoms with Crippen molar-refractivity contribution in [2.75, 3.05) is 31.1 Å². The fourth-order valence-electron chi connectivity index (χ4n) is 5.59. The highest BCUT2D eigenvalue weighted by Crippen LogP contribution is 2.30. The van der Waals surface area contributed by atoms with Gasteiger partial charge >= 0.3 is 0 Å². The molecule has 2 aromatic carbocycles.